The van der Waals surface area contributed by atoms with Crippen molar-refractivity contribution in [2.45, 2.75) is 6.04 Å². The second-order valence-electron chi connectivity index (χ2n) is 2.84. The van der Waals surface area contributed by atoms with E-state index in [1.807, 2.05) is 0 Å². The summed E-state index contributed by atoms with van der Waals surface area (Å²) >= 11 is 0. The Morgan fingerprint density at radius 1 is 1.71 bits per heavy atom. The van der Waals surface area contributed by atoms with Gasteiger partial charge in [0.25, 0.3) is 0 Å². The van der Waals surface area contributed by atoms with Gasteiger partial charge in [-0.1, -0.05) is 5.92 Å². The van der Waals surface area contributed by atoms with Crippen LogP contribution in [0.15, 0.2) is 24.5 Å². The maximum atomic E-state index is 11.3. The van der Waals surface area contributed by atoms with Crippen molar-refractivity contribution >= 4 is 11.8 Å². The molecule has 1 aromatic heterocycles. The van der Waals surface area contributed by atoms with E-state index in [0.29, 0.717) is 5.69 Å². The Labute approximate surface area is 81.5 Å². The summed E-state index contributed by atoms with van der Waals surface area (Å²) in [6.07, 6.45) is 8.08. The first-order valence-electron chi connectivity index (χ1n) is 4.15. The Hall–Kier alpha value is -2.02. The minimum Gasteiger partial charge on any atom is -0.446 e. The molecule has 0 radical (unpaired) electrons. The molecule has 14 heavy (non-hydrogen) atoms. The summed E-state index contributed by atoms with van der Waals surface area (Å²) in [7, 11) is 0. The molecule has 0 bridgehead atoms. The van der Waals surface area contributed by atoms with Gasteiger partial charge in [-0.15, -0.1) is 6.42 Å². The number of rotatable bonds is 1. The number of carbonyl (C=O) groups excluding carboxylic acids is 1. The molecule has 1 aromatic rings. The van der Waals surface area contributed by atoms with Crippen LogP contribution in [0.4, 0.5) is 10.5 Å². The van der Waals surface area contributed by atoms with Gasteiger partial charge >= 0.3 is 6.09 Å². The monoisotopic (exact) mass is 188 g/mol. The topological polar surface area (TPSA) is 42.4 Å². The predicted octanol–water partition coefficient (Wildman–Crippen LogP) is 1.04. The van der Waals surface area contributed by atoms with E-state index in [2.05, 4.69) is 10.9 Å². The van der Waals surface area contributed by atoms with Gasteiger partial charge in [0.15, 0.2) is 0 Å². The molecule has 0 spiro atoms. The first-order chi connectivity index (χ1) is 6.83. The Kier molecular flexibility index (Phi) is 2.07. The molecule has 0 aliphatic carbocycles. The van der Waals surface area contributed by atoms with Crippen LogP contribution >= 0.6 is 0 Å². The lowest BCUT2D eigenvalue weighted by Gasteiger charge is -2.15. The normalized spacial score (nSPS) is 20.4. The Bertz CT molecular complexity index is 383. The molecule has 0 saturated carbocycles. The average molecular weight is 188 g/mol. The number of nitrogens with zero attached hydrogens (tertiary/aromatic N) is 2. The molecule has 4 heteroatoms. The number of amides is 1. The van der Waals surface area contributed by atoms with Crippen molar-refractivity contribution in [1.29, 1.82) is 0 Å². The van der Waals surface area contributed by atoms with E-state index in [0.717, 1.165) is 0 Å². The van der Waals surface area contributed by atoms with Crippen molar-refractivity contribution in [2.75, 3.05) is 11.5 Å². The van der Waals surface area contributed by atoms with Crippen LogP contribution in [-0.4, -0.2) is 23.7 Å². The number of aromatic nitrogens is 1. The van der Waals surface area contributed by atoms with Gasteiger partial charge in [-0.05, 0) is 12.1 Å². The minimum atomic E-state index is -0.416. The predicted molar refractivity (Wildman–Crippen MR) is 50.7 cm³/mol. The number of pyridine rings is 1. The maximum Gasteiger partial charge on any atom is 0.415 e. The zero-order valence-electron chi connectivity index (χ0n) is 7.38. The molecule has 70 valence electrons. The van der Waals surface area contributed by atoms with Crippen LogP contribution in [0, 0.1) is 12.3 Å². The molecular formula is C10H8N2O2. The number of hydrogen-bond acceptors (Lipinski definition) is 3. The van der Waals surface area contributed by atoms with E-state index in [4.69, 9.17) is 11.2 Å². The van der Waals surface area contributed by atoms with E-state index < -0.39 is 6.09 Å². The molecule has 0 N–H and O–H groups in total. The van der Waals surface area contributed by atoms with E-state index in [1.165, 1.54) is 4.90 Å². The average Bonchev–Trinajstić information content (AvgIpc) is 2.61. The highest BCUT2D eigenvalue weighted by atomic mass is 16.6. The van der Waals surface area contributed by atoms with Crippen molar-refractivity contribution < 1.29 is 9.53 Å². The first kappa shape index (κ1) is 8.57. The third kappa shape index (κ3) is 1.29. The largest absolute Gasteiger partial charge is 0.446 e. The summed E-state index contributed by atoms with van der Waals surface area (Å²) < 4.78 is 4.84. The van der Waals surface area contributed by atoms with Crippen molar-refractivity contribution in [3.05, 3.63) is 24.5 Å². The fraction of sp³-hybridized carbons (Fsp3) is 0.200. The summed E-state index contributed by atoms with van der Waals surface area (Å²) in [4.78, 5) is 16.7. The third-order valence-corrected chi connectivity index (χ3v) is 1.99. The molecule has 1 atom stereocenters. The minimum absolute atomic E-state index is 0.240. The van der Waals surface area contributed by atoms with Crippen LogP contribution in [-0.2, 0) is 4.74 Å². The summed E-state index contributed by atoms with van der Waals surface area (Å²) in [6, 6.07) is 3.19. The molecule has 1 unspecified atom stereocenters. The molecule has 2 heterocycles. The summed E-state index contributed by atoms with van der Waals surface area (Å²) in [5.41, 5.74) is 0.665. The summed E-state index contributed by atoms with van der Waals surface area (Å²) in [6.45, 7) is 0.240. The molecule has 4 nitrogen and oxygen atoms in total. The first-order valence-corrected chi connectivity index (χ1v) is 4.15. The van der Waals surface area contributed by atoms with Gasteiger partial charge in [0.1, 0.15) is 12.6 Å². The second kappa shape index (κ2) is 3.38. The van der Waals surface area contributed by atoms with Crippen LogP contribution in [0.25, 0.3) is 0 Å². The standard InChI is InChI=1S/C10H8N2O2/c1-2-8-7-14-10(13)12(8)9-4-3-5-11-6-9/h1,3-6,8H,7H2. The van der Waals surface area contributed by atoms with E-state index in [1.54, 1.807) is 24.5 Å². The van der Waals surface area contributed by atoms with Gasteiger partial charge in [0.05, 0.1) is 11.9 Å². The van der Waals surface area contributed by atoms with Gasteiger partial charge in [-0.25, -0.2) is 4.79 Å². The van der Waals surface area contributed by atoms with Crippen molar-refractivity contribution in [3.63, 3.8) is 0 Å². The van der Waals surface area contributed by atoms with Crippen LogP contribution in [0.3, 0.4) is 0 Å². The third-order valence-electron chi connectivity index (χ3n) is 1.99. The zero-order chi connectivity index (χ0) is 9.97. The molecule has 1 aliphatic rings. The molecular weight excluding hydrogens is 180 g/mol. The number of anilines is 1. The number of cyclic esters (lactones) is 1. The SMILES string of the molecule is C#CC1COC(=O)N1c1cccnc1. The van der Waals surface area contributed by atoms with Crippen molar-refractivity contribution in [2.24, 2.45) is 0 Å². The van der Waals surface area contributed by atoms with E-state index in [9.17, 15) is 4.79 Å². The highest BCUT2D eigenvalue weighted by molar-refractivity contribution is 5.90. The van der Waals surface area contributed by atoms with Crippen LogP contribution in [0.5, 0.6) is 0 Å². The van der Waals surface area contributed by atoms with Crippen molar-refractivity contribution in [1.82, 2.24) is 4.98 Å². The molecule has 0 aromatic carbocycles. The molecule has 1 aliphatic heterocycles. The molecule has 1 fully saturated rings. The zero-order valence-corrected chi connectivity index (χ0v) is 7.38. The molecule has 1 saturated heterocycles. The quantitative estimate of drug-likeness (QED) is 0.618. The number of carbonyl (C=O) groups is 1. The Morgan fingerprint density at radius 3 is 3.21 bits per heavy atom. The number of hydrogen-bond donors (Lipinski definition) is 0. The highest BCUT2D eigenvalue weighted by Crippen LogP contribution is 2.21. The van der Waals surface area contributed by atoms with Crippen LogP contribution < -0.4 is 4.90 Å². The van der Waals surface area contributed by atoms with Gasteiger partial charge in [-0.2, -0.15) is 0 Å². The van der Waals surface area contributed by atoms with E-state index in [-0.39, 0.29) is 12.6 Å². The Balaban J connectivity index is 2.34. The lowest BCUT2D eigenvalue weighted by molar-refractivity contribution is 0.180. The summed E-state index contributed by atoms with van der Waals surface area (Å²) in [5, 5.41) is 0. The summed E-state index contributed by atoms with van der Waals surface area (Å²) in [5.74, 6) is 2.50. The lowest BCUT2D eigenvalue weighted by Crippen LogP contribution is -2.32. The van der Waals surface area contributed by atoms with Crippen LogP contribution in [0.1, 0.15) is 0 Å². The second-order valence-corrected chi connectivity index (χ2v) is 2.84. The van der Waals surface area contributed by atoms with Gasteiger partial charge in [-0.3, -0.25) is 9.88 Å². The lowest BCUT2D eigenvalue weighted by atomic mass is 10.3. The number of ether oxygens (including phenoxy) is 1. The smallest absolute Gasteiger partial charge is 0.415 e. The number of terminal acetylenes is 1. The fourth-order valence-corrected chi connectivity index (χ4v) is 1.33. The molecule has 2 rings (SSSR count). The molecule has 1 amide bonds. The highest BCUT2D eigenvalue weighted by Gasteiger charge is 2.32. The van der Waals surface area contributed by atoms with Crippen LogP contribution in [0.2, 0.25) is 0 Å². The van der Waals surface area contributed by atoms with Gasteiger partial charge < -0.3 is 4.74 Å². The van der Waals surface area contributed by atoms with Gasteiger partial charge in [0.2, 0.25) is 0 Å². The maximum absolute atomic E-state index is 11.3. The van der Waals surface area contributed by atoms with E-state index >= 15 is 0 Å². The Morgan fingerprint density at radius 2 is 2.57 bits per heavy atom. The van der Waals surface area contributed by atoms with Gasteiger partial charge in [0, 0.05) is 6.20 Å². The van der Waals surface area contributed by atoms with Crippen molar-refractivity contribution in [3.8, 4) is 12.3 Å². The fourth-order valence-electron chi connectivity index (χ4n) is 1.33.